The molecule has 1 heterocycles. The molecule has 5 heteroatoms. The molecule has 1 aromatic carbocycles. The standard InChI is InChI=1S/C15H19BrF3N/c1-10(2)14-4-3-7-20(14)12-6-5-11(9-16)13(8-12)15(17,18)19/h5-6,8,10,14H,3-4,7,9H2,1-2H3. The highest BCUT2D eigenvalue weighted by atomic mass is 79.9. The summed E-state index contributed by atoms with van der Waals surface area (Å²) >= 11 is 3.13. The molecular formula is C15H19BrF3N. The summed E-state index contributed by atoms with van der Waals surface area (Å²) in [6, 6.07) is 5.04. The molecule has 0 aliphatic carbocycles. The molecular weight excluding hydrogens is 331 g/mol. The number of anilines is 1. The van der Waals surface area contributed by atoms with E-state index in [2.05, 4.69) is 34.7 Å². The van der Waals surface area contributed by atoms with Crippen LogP contribution in [0.4, 0.5) is 18.9 Å². The van der Waals surface area contributed by atoms with E-state index in [1.807, 2.05) is 6.07 Å². The van der Waals surface area contributed by atoms with E-state index in [1.165, 1.54) is 6.07 Å². The summed E-state index contributed by atoms with van der Waals surface area (Å²) in [5.74, 6) is 0.447. The molecule has 0 spiro atoms. The van der Waals surface area contributed by atoms with Gasteiger partial charge in [-0.2, -0.15) is 13.2 Å². The van der Waals surface area contributed by atoms with Crippen molar-refractivity contribution < 1.29 is 13.2 Å². The molecule has 0 bridgehead atoms. The van der Waals surface area contributed by atoms with Crippen LogP contribution in [0.15, 0.2) is 18.2 Å². The van der Waals surface area contributed by atoms with Gasteiger partial charge in [-0.05, 0) is 36.5 Å². The molecule has 20 heavy (non-hydrogen) atoms. The molecule has 1 saturated heterocycles. The van der Waals surface area contributed by atoms with Gasteiger partial charge in [0.25, 0.3) is 0 Å². The maximum absolute atomic E-state index is 13.1. The molecule has 0 N–H and O–H groups in total. The average molecular weight is 350 g/mol. The first-order valence-electron chi connectivity index (χ1n) is 6.87. The highest BCUT2D eigenvalue weighted by Gasteiger charge is 2.35. The van der Waals surface area contributed by atoms with Gasteiger partial charge in [0.05, 0.1) is 5.56 Å². The highest BCUT2D eigenvalue weighted by molar-refractivity contribution is 9.08. The zero-order valence-corrected chi connectivity index (χ0v) is 13.3. The number of rotatable bonds is 3. The lowest BCUT2D eigenvalue weighted by Crippen LogP contribution is -2.33. The Balaban J connectivity index is 2.38. The number of hydrogen-bond acceptors (Lipinski definition) is 1. The molecule has 0 aromatic heterocycles. The average Bonchev–Trinajstić information content (AvgIpc) is 2.86. The Morgan fingerprint density at radius 3 is 2.60 bits per heavy atom. The monoisotopic (exact) mass is 349 g/mol. The Bertz CT molecular complexity index is 471. The predicted molar refractivity (Wildman–Crippen MR) is 79.3 cm³/mol. The van der Waals surface area contributed by atoms with Crippen molar-refractivity contribution in [3.8, 4) is 0 Å². The van der Waals surface area contributed by atoms with Gasteiger partial charge in [-0.25, -0.2) is 0 Å². The third kappa shape index (κ3) is 3.13. The SMILES string of the molecule is CC(C)C1CCCN1c1ccc(CBr)c(C(F)(F)F)c1. The van der Waals surface area contributed by atoms with Crippen molar-refractivity contribution >= 4 is 21.6 Å². The fourth-order valence-electron chi connectivity index (χ4n) is 2.93. The molecule has 1 aliphatic heterocycles. The van der Waals surface area contributed by atoms with Gasteiger partial charge in [0, 0.05) is 23.6 Å². The summed E-state index contributed by atoms with van der Waals surface area (Å²) in [4.78, 5) is 2.12. The molecule has 1 fully saturated rings. The minimum Gasteiger partial charge on any atom is -0.368 e. The maximum Gasteiger partial charge on any atom is 0.416 e. The summed E-state index contributed by atoms with van der Waals surface area (Å²) in [5, 5.41) is 0.218. The Morgan fingerprint density at radius 2 is 2.05 bits per heavy atom. The van der Waals surface area contributed by atoms with Crippen LogP contribution in [-0.4, -0.2) is 12.6 Å². The second kappa shape index (κ2) is 5.96. The lowest BCUT2D eigenvalue weighted by atomic mass is 10.0. The van der Waals surface area contributed by atoms with Crippen LogP contribution in [-0.2, 0) is 11.5 Å². The van der Waals surface area contributed by atoms with Crippen LogP contribution in [0.2, 0.25) is 0 Å². The van der Waals surface area contributed by atoms with Crippen LogP contribution < -0.4 is 4.90 Å². The molecule has 1 atom stereocenters. The largest absolute Gasteiger partial charge is 0.416 e. The van der Waals surface area contributed by atoms with E-state index in [4.69, 9.17) is 0 Å². The molecule has 1 aliphatic rings. The lowest BCUT2D eigenvalue weighted by Gasteiger charge is -2.30. The molecule has 1 nitrogen and oxygen atoms in total. The first-order valence-corrected chi connectivity index (χ1v) is 7.99. The second-order valence-corrected chi connectivity index (χ2v) is 6.18. The van der Waals surface area contributed by atoms with E-state index < -0.39 is 11.7 Å². The van der Waals surface area contributed by atoms with Crippen molar-refractivity contribution in [2.75, 3.05) is 11.4 Å². The molecule has 0 radical (unpaired) electrons. The zero-order valence-electron chi connectivity index (χ0n) is 11.7. The Labute approximate surface area is 126 Å². The van der Waals surface area contributed by atoms with Crippen LogP contribution >= 0.6 is 15.9 Å². The van der Waals surface area contributed by atoms with E-state index in [-0.39, 0.29) is 5.33 Å². The van der Waals surface area contributed by atoms with Gasteiger partial charge >= 0.3 is 6.18 Å². The van der Waals surface area contributed by atoms with Gasteiger partial charge in [-0.3, -0.25) is 0 Å². The van der Waals surface area contributed by atoms with Crippen molar-refractivity contribution in [2.45, 2.75) is 44.2 Å². The van der Waals surface area contributed by atoms with Gasteiger partial charge in [0.2, 0.25) is 0 Å². The number of halogens is 4. The lowest BCUT2D eigenvalue weighted by molar-refractivity contribution is -0.138. The van der Waals surface area contributed by atoms with Crippen molar-refractivity contribution in [1.82, 2.24) is 0 Å². The van der Waals surface area contributed by atoms with E-state index in [1.54, 1.807) is 6.07 Å². The van der Waals surface area contributed by atoms with E-state index in [0.717, 1.165) is 19.4 Å². The molecule has 2 rings (SSSR count). The van der Waals surface area contributed by atoms with Gasteiger partial charge in [-0.1, -0.05) is 35.8 Å². The van der Waals surface area contributed by atoms with Crippen LogP contribution in [0, 0.1) is 5.92 Å². The van der Waals surface area contributed by atoms with Crippen LogP contribution in [0.5, 0.6) is 0 Å². The minimum atomic E-state index is -4.30. The molecule has 0 amide bonds. The summed E-state index contributed by atoms with van der Waals surface area (Å²) in [6.45, 7) is 5.09. The van der Waals surface area contributed by atoms with Gasteiger partial charge < -0.3 is 4.90 Å². The Hall–Kier alpha value is -0.710. The Kier molecular flexibility index (Phi) is 4.67. The number of benzene rings is 1. The molecule has 1 unspecified atom stereocenters. The normalized spacial score (nSPS) is 19.9. The quantitative estimate of drug-likeness (QED) is 0.675. The van der Waals surface area contributed by atoms with Gasteiger partial charge in [0.15, 0.2) is 0 Å². The second-order valence-electron chi connectivity index (χ2n) is 5.62. The van der Waals surface area contributed by atoms with Crippen molar-refractivity contribution in [1.29, 1.82) is 0 Å². The summed E-state index contributed by atoms with van der Waals surface area (Å²) in [5.41, 5.74) is 0.459. The highest BCUT2D eigenvalue weighted by Crippen LogP contribution is 2.37. The van der Waals surface area contributed by atoms with Gasteiger partial charge in [-0.15, -0.1) is 0 Å². The van der Waals surface area contributed by atoms with Crippen molar-refractivity contribution in [3.05, 3.63) is 29.3 Å². The third-order valence-electron chi connectivity index (χ3n) is 3.94. The van der Waals surface area contributed by atoms with Gasteiger partial charge in [0.1, 0.15) is 0 Å². The molecule has 112 valence electrons. The minimum absolute atomic E-state index is 0.218. The number of hydrogen-bond donors (Lipinski definition) is 0. The zero-order chi connectivity index (χ0) is 14.9. The molecule has 1 aromatic rings. The van der Waals surface area contributed by atoms with E-state index in [0.29, 0.717) is 23.2 Å². The topological polar surface area (TPSA) is 3.24 Å². The third-order valence-corrected chi connectivity index (χ3v) is 4.55. The summed E-state index contributed by atoms with van der Waals surface area (Å²) in [6.07, 6.45) is -2.20. The van der Waals surface area contributed by atoms with Crippen molar-refractivity contribution in [3.63, 3.8) is 0 Å². The first kappa shape index (κ1) is 15.7. The summed E-state index contributed by atoms with van der Waals surface area (Å²) < 4.78 is 39.4. The predicted octanol–water partition coefficient (Wildman–Crippen LogP) is 5.23. The van der Waals surface area contributed by atoms with E-state index in [9.17, 15) is 13.2 Å². The number of nitrogens with zero attached hydrogens (tertiary/aromatic N) is 1. The fraction of sp³-hybridized carbons (Fsp3) is 0.600. The first-order chi connectivity index (χ1) is 9.34. The van der Waals surface area contributed by atoms with Crippen LogP contribution in [0.3, 0.4) is 0 Å². The smallest absolute Gasteiger partial charge is 0.368 e. The maximum atomic E-state index is 13.1. The summed E-state index contributed by atoms with van der Waals surface area (Å²) in [7, 11) is 0. The number of alkyl halides is 4. The van der Waals surface area contributed by atoms with Crippen LogP contribution in [0.25, 0.3) is 0 Å². The Morgan fingerprint density at radius 1 is 1.35 bits per heavy atom. The van der Waals surface area contributed by atoms with Crippen LogP contribution in [0.1, 0.15) is 37.8 Å². The molecule has 0 saturated carbocycles. The van der Waals surface area contributed by atoms with E-state index >= 15 is 0 Å². The fourth-order valence-corrected chi connectivity index (χ4v) is 3.42. The van der Waals surface area contributed by atoms with Crippen molar-refractivity contribution in [2.24, 2.45) is 5.92 Å².